The zero-order chi connectivity index (χ0) is 29.4. The van der Waals surface area contributed by atoms with E-state index in [1.807, 2.05) is 68.4 Å². The number of anilines is 1. The average molecular weight is 634 g/mol. The fourth-order valence-corrected chi connectivity index (χ4v) is 5.41. The Bertz CT molecular complexity index is 1400. The van der Waals surface area contributed by atoms with Crippen molar-refractivity contribution in [3.8, 4) is 0 Å². The van der Waals surface area contributed by atoms with E-state index in [2.05, 4.69) is 21.2 Å². The van der Waals surface area contributed by atoms with E-state index in [4.69, 9.17) is 0 Å². The Morgan fingerprint density at radius 3 is 2.08 bits per heavy atom. The van der Waals surface area contributed by atoms with Gasteiger partial charge in [-0.25, -0.2) is 8.70 Å². The van der Waals surface area contributed by atoms with Gasteiger partial charge >= 0.3 is 10.2 Å². The van der Waals surface area contributed by atoms with Crippen LogP contribution in [0, 0.1) is 5.82 Å². The zero-order valence-corrected chi connectivity index (χ0v) is 25.3. The fraction of sp³-hybridized carbons (Fsp3) is 0.310. The van der Waals surface area contributed by atoms with Gasteiger partial charge in [-0.1, -0.05) is 70.5 Å². The van der Waals surface area contributed by atoms with Crippen LogP contribution in [-0.2, 0) is 32.8 Å². The summed E-state index contributed by atoms with van der Waals surface area (Å²) in [5, 5.41) is 2.90. The molecule has 214 valence electrons. The summed E-state index contributed by atoms with van der Waals surface area (Å²) in [5.41, 5.74) is 1.30. The van der Waals surface area contributed by atoms with Crippen LogP contribution in [0.4, 0.5) is 10.1 Å². The quantitative estimate of drug-likeness (QED) is 0.321. The monoisotopic (exact) mass is 632 g/mol. The molecule has 2 amide bonds. The van der Waals surface area contributed by atoms with Gasteiger partial charge in [-0.15, -0.1) is 0 Å². The highest BCUT2D eigenvalue weighted by molar-refractivity contribution is 9.10. The Morgan fingerprint density at radius 1 is 0.900 bits per heavy atom. The highest BCUT2D eigenvalue weighted by atomic mass is 79.9. The van der Waals surface area contributed by atoms with Crippen LogP contribution in [0.2, 0.25) is 0 Å². The van der Waals surface area contributed by atoms with E-state index in [1.54, 1.807) is 0 Å². The van der Waals surface area contributed by atoms with Gasteiger partial charge in [0.25, 0.3) is 0 Å². The first-order valence-corrected chi connectivity index (χ1v) is 14.9. The van der Waals surface area contributed by atoms with Gasteiger partial charge in [-0.05, 0) is 49.2 Å². The largest absolute Gasteiger partial charge is 0.352 e. The number of halogens is 2. The number of rotatable bonds is 12. The molecule has 3 aromatic carbocycles. The molecule has 0 saturated heterocycles. The Morgan fingerprint density at radius 2 is 1.50 bits per heavy atom. The summed E-state index contributed by atoms with van der Waals surface area (Å²) in [5.74, 6) is -1.83. The van der Waals surface area contributed by atoms with E-state index in [-0.39, 0.29) is 30.6 Å². The maximum atomic E-state index is 14.9. The molecule has 40 heavy (non-hydrogen) atoms. The molecule has 8 nitrogen and oxygen atoms in total. The van der Waals surface area contributed by atoms with Crippen molar-refractivity contribution in [2.45, 2.75) is 38.9 Å². The SMILES string of the molecule is CC(C)NC(=O)[C@H](Cc1ccccc1)N(Cc1ccc(Br)cc1)C(=O)CN(c1ccccc1F)S(=O)(=O)N(C)C. The summed E-state index contributed by atoms with van der Waals surface area (Å²) in [6, 6.07) is 20.7. The summed E-state index contributed by atoms with van der Waals surface area (Å²) >= 11 is 3.41. The molecule has 0 aromatic heterocycles. The van der Waals surface area contributed by atoms with Gasteiger partial charge in [-0.2, -0.15) is 12.7 Å². The van der Waals surface area contributed by atoms with Crippen molar-refractivity contribution >= 4 is 43.6 Å². The molecule has 0 aliphatic rings. The van der Waals surface area contributed by atoms with Gasteiger partial charge in [0.2, 0.25) is 11.8 Å². The third-order valence-corrected chi connectivity index (χ3v) is 8.44. The van der Waals surface area contributed by atoms with Crippen molar-refractivity contribution in [1.82, 2.24) is 14.5 Å². The molecule has 1 atom stereocenters. The molecule has 1 N–H and O–H groups in total. The molecular weight excluding hydrogens is 599 g/mol. The molecule has 0 spiro atoms. The molecular formula is C29H34BrFN4O4S. The zero-order valence-electron chi connectivity index (χ0n) is 22.9. The number of para-hydroxylation sites is 1. The number of benzene rings is 3. The second kappa shape index (κ2) is 13.9. The van der Waals surface area contributed by atoms with E-state index >= 15 is 0 Å². The number of nitrogens with one attached hydrogen (secondary N) is 1. The lowest BCUT2D eigenvalue weighted by Crippen LogP contribution is -2.55. The molecule has 0 aliphatic heterocycles. The summed E-state index contributed by atoms with van der Waals surface area (Å²) < 4.78 is 44.0. The predicted molar refractivity (Wildman–Crippen MR) is 158 cm³/mol. The van der Waals surface area contributed by atoms with Gasteiger partial charge in [-0.3, -0.25) is 9.59 Å². The summed E-state index contributed by atoms with van der Waals surface area (Å²) in [6.07, 6.45) is 0.196. The first-order valence-electron chi connectivity index (χ1n) is 12.7. The number of amides is 2. The first-order chi connectivity index (χ1) is 18.9. The van der Waals surface area contributed by atoms with E-state index in [1.165, 1.54) is 37.2 Å². The van der Waals surface area contributed by atoms with Crippen LogP contribution in [0.15, 0.2) is 83.3 Å². The number of hydrogen-bond acceptors (Lipinski definition) is 4. The summed E-state index contributed by atoms with van der Waals surface area (Å²) in [7, 11) is -1.66. The predicted octanol–water partition coefficient (Wildman–Crippen LogP) is 4.37. The lowest BCUT2D eigenvalue weighted by atomic mass is 10.0. The van der Waals surface area contributed by atoms with Gasteiger partial charge in [0.1, 0.15) is 18.4 Å². The van der Waals surface area contributed by atoms with Crippen molar-refractivity contribution in [3.05, 3.63) is 100 Å². The molecule has 0 unspecified atom stereocenters. The molecule has 3 aromatic rings. The van der Waals surface area contributed by atoms with E-state index in [9.17, 15) is 22.4 Å². The van der Waals surface area contributed by atoms with Crippen LogP contribution in [0.25, 0.3) is 0 Å². The molecule has 0 bridgehead atoms. The van der Waals surface area contributed by atoms with Gasteiger partial charge in [0, 0.05) is 37.6 Å². The highest BCUT2D eigenvalue weighted by Crippen LogP contribution is 2.24. The maximum Gasteiger partial charge on any atom is 0.304 e. The van der Waals surface area contributed by atoms with Crippen molar-refractivity contribution in [2.75, 3.05) is 24.9 Å². The number of carbonyl (C=O) groups is 2. The van der Waals surface area contributed by atoms with Gasteiger partial charge < -0.3 is 10.2 Å². The van der Waals surface area contributed by atoms with Crippen LogP contribution in [0.3, 0.4) is 0 Å². The third-order valence-electron chi connectivity index (χ3n) is 6.11. The van der Waals surface area contributed by atoms with Crippen LogP contribution in [0.1, 0.15) is 25.0 Å². The van der Waals surface area contributed by atoms with Crippen molar-refractivity contribution in [3.63, 3.8) is 0 Å². The molecule has 0 aliphatic carbocycles. The summed E-state index contributed by atoms with van der Waals surface area (Å²) in [6.45, 7) is 2.96. The van der Waals surface area contributed by atoms with Crippen molar-refractivity contribution < 1.29 is 22.4 Å². The topological polar surface area (TPSA) is 90.0 Å². The molecule has 11 heteroatoms. The molecule has 0 fully saturated rings. The molecule has 0 saturated carbocycles. The van der Waals surface area contributed by atoms with Crippen LogP contribution >= 0.6 is 15.9 Å². The maximum absolute atomic E-state index is 14.9. The van der Waals surface area contributed by atoms with Crippen LogP contribution in [0.5, 0.6) is 0 Å². The lowest BCUT2D eigenvalue weighted by Gasteiger charge is -2.34. The van der Waals surface area contributed by atoms with Crippen molar-refractivity contribution in [1.29, 1.82) is 0 Å². The Kier molecular flexibility index (Phi) is 10.8. The highest BCUT2D eigenvalue weighted by Gasteiger charge is 2.35. The normalized spacial score (nSPS) is 12.3. The second-order valence-electron chi connectivity index (χ2n) is 9.77. The number of carbonyl (C=O) groups excluding carboxylic acids is 2. The van der Waals surface area contributed by atoms with Gasteiger partial charge in [0.15, 0.2) is 0 Å². The fourth-order valence-electron chi connectivity index (χ4n) is 4.08. The van der Waals surface area contributed by atoms with E-state index in [0.717, 1.165) is 30.3 Å². The molecule has 0 radical (unpaired) electrons. The minimum Gasteiger partial charge on any atom is -0.352 e. The van der Waals surface area contributed by atoms with Gasteiger partial charge in [0.05, 0.1) is 5.69 Å². The van der Waals surface area contributed by atoms with Crippen LogP contribution in [-0.4, -0.2) is 62.2 Å². The standard InChI is InChI=1S/C29H34BrFN4O4S/c1-21(2)32-29(37)27(18-22-10-6-5-7-11-22)34(19-23-14-16-24(30)17-15-23)28(36)20-35(40(38,39)33(3)4)26-13-9-8-12-25(26)31/h5-17,21,27H,18-20H2,1-4H3,(H,32,37)/t27-/m0/s1. The Labute approximate surface area is 244 Å². The van der Waals surface area contributed by atoms with E-state index < -0.39 is 34.5 Å². The third kappa shape index (κ3) is 8.12. The Balaban J connectivity index is 2.10. The number of nitrogens with zero attached hydrogens (tertiary/aromatic N) is 3. The Hall–Kier alpha value is -3.28. The van der Waals surface area contributed by atoms with E-state index in [0.29, 0.717) is 0 Å². The first kappa shape index (κ1) is 31.3. The van der Waals surface area contributed by atoms with Crippen LogP contribution < -0.4 is 9.62 Å². The minimum absolute atomic E-state index is 0.0300. The molecule has 0 heterocycles. The smallest absolute Gasteiger partial charge is 0.304 e. The average Bonchev–Trinajstić information content (AvgIpc) is 2.90. The minimum atomic E-state index is -4.27. The summed E-state index contributed by atoms with van der Waals surface area (Å²) in [4.78, 5) is 29.0. The van der Waals surface area contributed by atoms with Crippen molar-refractivity contribution in [2.24, 2.45) is 0 Å². The molecule has 3 rings (SSSR count). The lowest BCUT2D eigenvalue weighted by molar-refractivity contribution is -0.140. The second-order valence-corrected chi connectivity index (χ2v) is 12.7. The number of hydrogen-bond donors (Lipinski definition) is 1.